The summed E-state index contributed by atoms with van der Waals surface area (Å²) in [5.41, 5.74) is 3.77. The molecule has 0 spiro atoms. The van der Waals surface area contributed by atoms with Crippen LogP contribution in [-0.4, -0.2) is 68.1 Å². The molecule has 0 aliphatic carbocycles. The highest BCUT2D eigenvalue weighted by molar-refractivity contribution is 7.10. The number of rotatable bonds is 5. The van der Waals surface area contributed by atoms with Gasteiger partial charge < -0.3 is 19.8 Å². The monoisotopic (exact) mass is 497 g/mol. The van der Waals surface area contributed by atoms with Crippen LogP contribution in [0, 0.1) is 0 Å². The Labute approximate surface area is 206 Å². The second-order valence-electron chi connectivity index (χ2n) is 8.07. The number of nitrogens with zero attached hydrogens (tertiary/aromatic N) is 7. The van der Waals surface area contributed by atoms with Crippen molar-refractivity contribution in [1.29, 1.82) is 0 Å². The SMILES string of the molecule is CCc1nc2ccc(N3CCN(C(=O)O)CC3)cn2c1N(C)c1nc(-c2ccc(Cl)cc2)ns1. The number of piperazine rings is 1. The third-order valence-corrected chi connectivity index (χ3v) is 7.06. The summed E-state index contributed by atoms with van der Waals surface area (Å²) in [7, 11) is 1.98. The van der Waals surface area contributed by atoms with E-state index in [1.807, 2.05) is 48.3 Å². The Hall–Kier alpha value is -3.37. The van der Waals surface area contributed by atoms with Crippen molar-refractivity contribution >= 4 is 51.5 Å². The molecular formula is C23H24ClN7O2S. The van der Waals surface area contributed by atoms with Gasteiger partial charge in [-0.3, -0.25) is 4.40 Å². The molecule has 4 heterocycles. The lowest BCUT2D eigenvalue weighted by Gasteiger charge is -2.34. The molecule has 4 aromatic rings. The molecule has 1 aliphatic rings. The van der Waals surface area contributed by atoms with Gasteiger partial charge in [-0.05, 0) is 42.8 Å². The van der Waals surface area contributed by atoms with Crippen molar-refractivity contribution in [1.82, 2.24) is 23.6 Å². The molecule has 0 unspecified atom stereocenters. The molecule has 0 bridgehead atoms. The number of benzene rings is 1. The lowest BCUT2D eigenvalue weighted by Crippen LogP contribution is -2.48. The smallest absolute Gasteiger partial charge is 0.407 e. The van der Waals surface area contributed by atoms with Crippen LogP contribution >= 0.6 is 23.1 Å². The molecule has 1 saturated heterocycles. The Bertz CT molecular complexity index is 1330. The van der Waals surface area contributed by atoms with E-state index in [1.165, 1.54) is 16.4 Å². The molecule has 0 radical (unpaired) electrons. The van der Waals surface area contributed by atoms with E-state index in [-0.39, 0.29) is 0 Å². The Morgan fingerprint density at radius 3 is 2.53 bits per heavy atom. The average molecular weight is 498 g/mol. The van der Waals surface area contributed by atoms with Gasteiger partial charge in [-0.1, -0.05) is 18.5 Å². The minimum absolute atomic E-state index is 0.489. The van der Waals surface area contributed by atoms with E-state index in [0.29, 0.717) is 37.0 Å². The predicted molar refractivity (Wildman–Crippen MR) is 135 cm³/mol. The maximum atomic E-state index is 11.2. The minimum Gasteiger partial charge on any atom is -0.465 e. The Morgan fingerprint density at radius 1 is 1.12 bits per heavy atom. The third-order valence-electron chi connectivity index (χ3n) is 6.02. The molecule has 0 atom stereocenters. The maximum absolute atomic E-state index is 11.2. The maximum Gasteiger partial charge on any atom is 0.407 e. The number of aromatic nitrogens is 4. The number of fused-ring (bicyclic) bond motifs is 1. The van der Waals surface area contributed by atoms with E-state index in [9.17, 15) is 9.90 Å². The van der Waals surface area contributed by atoms with Gasteiger partial charge in [0.05, 0.1) is 11.4 Å². The first-order chi connectivity index (χ1) is 16.4. The highest BCUT2D eigenvalue weighted by Gasteiger charge is 2.23. The molecule has 1 N–H and O–H groups in total. The van der Waals surface area contributed by atoms with Gasteiger partial charge in [-0.15, -0.1) is 0 Å². The number of pyridine rings is 1. The van der Waals surface area contributed by atoms with Gasteiger partial charge in [-0.2, -0.15) is 9.36 Å². The van der Waals surface area contributed by atoms with Gasteiger partial charge in [0.25, 0.3) is 0 Å². The highest BCUT2D eigenvalue weighted by atomic mass is 35.5. The molecule has 0 saturated carbocycles. The van der Waals surface area contributed by atoms with Crippen LogP contribution in [0.5, 0.6) is 0 Å². The first kappa shape index (κ1) is 22.4. The second kappa shape index (κ2) is 9.11. The quantitative estimate of drug-likeness (QED) is 0.429. The van der Waals surface area contributed by atoms with Crippen molar-refractivity contribution in [2.45, 2.75) is 13.3 Å². The second-order valence-corrected chi connectivity index (χ2v) is 9.24. The molecule has 3 aromatic heterocycles. The summed E-state index contributed by atoms with van der Waals surface area (Å²) in [5.74, 6) is 1.61. The summed E-state index contributed by atoms with van der Waals surface area (Å²) in [6, 6.07) is 11.5. The number of amides is 1. The normalized spacial score (nSPS) is 14.1. The minimum atomic E-state index is -0.865. The number of carbonyl (C=O) groups is 1. The highest BCUT2D eigenvalue weighted by Crippen LogP contribution is 2.33. The standard InChI is InChI=1S/C23H24ClN7O2S/c1-3-18-21(28(2)22-26-20(27-34-22)15-4-6-16(24)7-5-15)31-14-17(8-9-19(31)25-18)29-10-12-30(13-11-29)23(32)33/h4-9,14H,3,10-13H2,1-2H3,(H,32,33). The van der Waals surface area contributed by atoms with Crippen LogP contribution in [0.2, 0.25) is 5.02 Å². The summed E-state index contributed by atoms with van der Waals surface area (Å²) in [6.45, 7) is 4.37. The van der Waals surface area contributed by atoms with Gasteiger partial charge >= 0.3 is 6.09 Å². The summed E-state index contributed by atoms with van der Waals surface area (Å²) in [6.07, 6.45) is 1.98. The zero-order valence-electron chi connectivity index (χ0n) is 18.8. The van der Waals surface area contributed by atoms with Crippen molar-refractivity contribution in [3.8, 4) is 11.4 Å². The van der Waals surface area contributed by atoms with Crippen molar-refractivity contribution in [3.63, 3.8) is 0 Å². The number of imidazole rings is 1. The topological polar surface area (TPSA) is 90.1 Å². The molecule has 1 aromatic carbocycles. The van der Waals surface area contributed by atoms with Crippen molar-refractivity contribution in [2.24, 2.45) is 0 Å². The van der Waals surface area contributed by atoms with Crippen molar-refractivity contribution < 1.29 is 9.90 Å². The summed E-state index contributed by atoms with van der Waals surface area (Å²) in [5, 5.41) is 10.7. The number of hydrogen-bond acceptors (Lipinski definition) is 7. The Balaban J connectivity index is 1.47. The van der Waals surface area contributed by atoms with Gasteiger partial charge in [0.15, 0.2) is 5.82 Å². The zero-order chi connectivity index (χ0) is 23.8. The van der Waals surface area contributed by atoms with Crippen molar-refractivity contribution in [3.05, 3.63) is 53.3 Å². The van der Waals surface area contributed by atoms with Crippen LogP contribution in [-0.2, 0) is 6.42 Å². The largest absolute Gasteiger partial charge is 0.465 e. The number of anilines is 3. The molecule has 9 nitrogen and oxygen atoms in total. The number of aryl methyl sites for hydroxylation is 1. The van der Waals surface area contributed by atoms with Gasteiger partial charge in [0, 0.05) is 61.5 Å². The van der Waals surface area contributed by atoms with Crippen LogP contribution in [0.1, 0.15) is 12.6 Å². The fourth-order valence-corrected chi connectivity index (χ4v) is 4.94. The zero-order valence-corrected chi connectivity index (χ0v) is 20.4. The first-order valence-electron chi connectivity index (χ1n) is 11.0. The molecule has 11 heteroatoms. The van der Waals surface area contributed by atoms with Crippen LogP contribution in [0.4, 0.5) is 21.4 Å². The van der Waals surface area contributed by atoms with E-state index in [1.54, 1.807) is 0 Å². The predicted octanol–water partition coefficient (Wildman–Crippen LogP) is 4.64. The third kappa shape index (κ3) is 4.14. The van der Waals surface area contributed by atoms with Gasteiger partial charge in [0.2, 0.25) is 5.13 Å². The van der Waals surface area contributed by atoms with Crippen LogP contribution in [0.15, 0.2) is 42.6 Å². The summed E-state index contributed by atoms with van der Waals surface area (Å²) in [4.78, 5) is 26.5. The fraction of sp³-hybridized carbons (Fsp3) is 0.304. The first-order valence-corrected chi connectivity index (χ1v) is 12.2. The van der Waals surface area contributed by atoms with E-state index in [4.69, 9.17) is 21.6 Å². The van der Waals surface area contributed by atoms with E-state index < -0.39 is 6.09 Å². The van der Waals surface area contributed by atoms with Crippen LogP contribution in [0.3, 0.4) is 0 Å². The molecule has 176 valence electrons. The molecule has 34 heavy (non-hydrogen) atoms. The lowest BCUT2D eigenvalue weighted by molar-refractivity contribution is 0.142. The molecule has 1 aliphatic heterocycles. The molecule has 5 rings (SSSR count). The van der Waals surface area contributed by atoms with E-state index in [0.717, 1.165) is 40.0 Å². The number of halogens is 1. The summed E-state index contributed by atoms with van der Waals surface area (Å²) >= 11 is 7.35. The summed E-state index contributed by atoms with van der Waals surface area (Å²) < 4.78 is 6.63. The van der Waals surface area contributed by atoms with Crippen LogP contribution in [0.25, 0.3) is 17.0 Å². The number of hydrogen-bond donors (Lipinski definition) is 1. The average Bonchev–Trinajstić information content (AvgIpc) is 3.49. The van der Waals surface area contributed by atoms with Crippen molar-refractivity contribution in [2.75, 3.05) is 43.0 Å². The Morgan fingerprint density at radius 2 is 1.85 bits per heavy atom. The van der Waals surface area contributed by atoms with Gasteiger partial charge in [0.1, 0.15) is 11.5 Å². The van der Waals surface area contributed by atoms with E-state index in [2.05, 4.69) is 26.8 Å². The molecular weight excluding hydrogens is 474 g/mol. The van der Waals surface area contributed by atoms with Gasteiger partial charge in [-0.25, -0.2) is 9.78 Å². The number of carboxylic acid groups (broad SMARTS) is 1. The fourth-order valence-electron chi connectivity index (χ4n) is 4.16. The lowest BCUT2D eigenvalue weighted by atomic mass is 10.2. The van der Waals surface area contributed by atoms with E-state index >= 15 is 0 Å². The molecule has 1 amide bonds. The Kier molecular flexibility index (Phi) is 6.01. The molecule has 1 fully saturated rings. The van der Waals surface area contributed by atoms with Crippen LogP contribution < -0.4 is 9.80 Å².